The van der Waals surface area contributed by atoms with E-state index in [0.29, 0.717) is 6.42 Å². The van der Waals surface area contributed by atoms with Crippen LogP contribution in [-0.4, -0.2) is 42.6 Å². The monoisotopic (exact) mass is 410 g/mol. The number of hydrogen-bond donors (Lipinski definition) is 1. The highest BCUT2D eigenvalue weighted by molar-refractivity contribution is 6.18. The molecule has 0 saturated carbocycles. The van der Waals surface area contributed by atoms with E-state index in [1.807, 2.05) is 18.2 Å². The number of benzene rings is 3. The molecule has 0 aliphatic carbocycles. The molecular formula is C27H30N4. The van der Waals surface area contributed by atoms with Gasteiger partial charge < -0.3 is 10.2 Å². The van der Waals surface area contributed by atoms with Gasteiger partial charge >= 0.3 is 0 Å². The van der Waals surface area contributed by atoms with E-state index >= 15 is 0 Å². The summed E-state index contributed by atoms with van der Waals surface area (Å²) >= 11 is 0. The van der Waals surface area contributed by atoms with Crippen molar-refractivity contribution in [3.8, 4) is 11.1 Å². The molecular weight excluding hydrogens is 380 g/mol. The first-order chi connectivity index (χ1) is 15.3. The Kier molecular flexibility index (Phi) is 6.90. The Bertz CT molecular complexity index is 1050. The van der Waals surface area contributed by atoms with E-state index < -0.39 is 0 Å². The number of para-hydroxylation sites is 2. The molecule has 0 spiro atoms. The van der Waals surface area contributed by atoms with Gasteiger partial charge in [-0.15, -0.1) is 0 Å². The third-order valence-corrected chi connectivity index (χ3v) is 5.71. The quantitative estimate of drug-likeness (QED) is 0.516. The molecule has 0 saturated heterocycles. The maximum Gasteiger partial charge on any atom is 0.107 e. The van der Waals surface area contributed by atoms with Crippen LogP contribution in [0.25, 0.3) is 11.1 Å². The average molecular weight is 411 g/mol. The molecule has 1 aliphatic rings. The predicted octanol–water partition coefficient (Wildman–Crippen LogP) is 6.03. The molecule has 0 radical (unpaired) electrons. The topological polar surface area (TPSA) is 40.0 Å². The number of rotatable bonds is 7. The first-order valence-electron chi connectivity index (χ1n) is 11.1. The standard InChI is InChI=1S/C27H30N4/c1-3-31(4-2)19-18-28-27-20-26(29-24-12-8-9-13-25(24)30-27)23-16-14-22(15-17-23)21-10-6-5-7-11-21/h5-17H,3-4,18-20H2,1-2H3,(H,28,30). The number of anilines is 1. The Morgan fingerprint density at radius 1 is 0.806 bits per heavy atom. The normalized spacial score (nSPS) is 14.7. The number of aliphatic imine (C=N–C) groups is 2. The summed E-state index contributed by atoms with van der Waals surface area (Å²) in [6.45, 7) is 8.25. The van der Waals surface area contributed by atoms with Crippen LogP contribution >= 0.6 is 0 Å². The zero-order valence-electron chi connectivity index (χ0n) is 18.4. The van der Waals surface area contributed by atoms with E-state index in [1.54, 1.807) is 0 Å². The van der Waals surface area contributed by atoms with Gasteiger partial charge in [0.05, 0.1) is 23.6 Å². The molecule has 158 valence electrons. The van der Waals surface area contributed by atoms with Gasteiger partial charge in [-0.05, 0) is 41.9 Å². The van der Waals surface area contributed by atoms with Gasteiger partial charge in [0.25, 0.3) is 0 Å². The molecule has 0 aromatic heterocycles. The van der Waals surface area contributed by atoms with Crippen LogP contribution in [0.15, 0.2) is 88.8 Å². The van der Waals surface area contributed by atoms with Gasteiger partial charge in [0, 0.05) is 13.0 Å². The molecule has 4 rings (SSSR count). The van der Waals surface area contributed by atoms with Crippen molar-refractivity contribution >= 4 is 22.9 Å². The van der Waals surface area contributed by atoms with Gasteiger partial charge in [0.1, 0.15) is 5.84 Å². The largest absolute Gasteiger partial charge is 0.342 e. The Morgan fingerprint density at radius 2 is 1.45 bits per heavy atom. The van der Waals surface area contributed by atoms with Crippen molar-refractivity contribution in [3.05, 3.63) is 84.4 Å². The van der Waals surface area contributed by atoms with Crippen LogP contribution in [0.4, 0.5) is 11.4 Å². The highest BCUT2D eigenvalue weighted by Gasteiger charge is 2.16. The van der Waals surface area contributed by atoms with Crippen molar-refractivity contribution in [2.75, 3.05) is 31.5 Å². The van der Waals surface area contributed by atoms with Crippen molar-refractivity contribution in [1.29, 1.82) is 0 Å². The lowest BCUT2D eigenvalue weighted by molar-refractivity contribution is 0.313. The van der Waals surface area contributed by atoms with Gasteiger partial charge in [-0.3, -0.25) is 9.98 Å². The van der Waals surface area contributed by atoms with Gasteiger partial charge in [0.2, 0.25) is 0 Å². The minimum absolute atomic E-state index is 0.692. The first kappa shape index (κ1) is 21.0. The average Bonchev–Trinajstić information content (AvgIpc) is 3.02. The van der Waals surface area contributed by atoms with Gasteiger partial charge in [-0.25, -0.2) is 0 Å². The van der Waals surface area contributed by atoms with Crippen molar-refractivity contribution in [2.24, 2.45) is 9.98 Å². The number of nitrogens with one attached hydrogen (secondary N) is 1. The molecule has 0 amide bonds. The lowest BCUT2D eigenvalue weighted by Gasteiger charge is -2.17. The molecule has 1 heterocycles. The molecule has 0 fully saturated rings. The van der Waals surface area contributed by atoms with Crippen LogP contribution in [0.1, 0.15) is 25.8 Å². The van der Waals surface area contributed by atoms with Gasteiger partial charge in [0.15, 0.2) is 0 Å². The molecule has 3 aromatic carbocycles. The van der Waals surface area contributed by atoms with Crippen LogP contribution in [0.2, 0.25) is 0 Å². The summed E-state index contributed by atoms with van der Waals surface area (Å²) in [5, 5.41) is 3.52. The van der Waals surface area contributed by atoms with E-state index in [0.717, 1.165) is 54.7 Å². The van der Waals surface area contributed by atoms with Crippen LogP contribution in [0.3, 0.4) is 0 Å². The molecule has 3 aromatic rings. The van der Waals surface area contributed by atoms with E-state index in [4.69, 9.17) is 9.98 Å². The van der Waals surface area contributed by atoms with Crippen molar-refractivity contribution in [3.63, 3.8) is 0 Å². The minimum atomic E-state index is 0.692. The second-order valence-corrected chi connectivity index (χ2v) is 7.68. The maximum absolute atomic E-state index is 5.00. The fourth-order valence-electron chi connectivity index (χ4n) is 3.83. The first-order valence-corrected chi connectivity index (χ1v) is 11.1. The number of amidine groups is 1. The Balaban J connectivity index is 1.60. The summed E-state index contributed by atoms with van der Waals surface area (Å²) in [5.41, 5.74) is 6.58. The van der Waals surface area contributed by atoms with Crippen LogP contribution in [0, 0.1) is 0 Å². The van der Waals surface area contributed by atoms with E-state index in [2.05, 4.69) is 84.7 Å². The van der Waals surface area contributed by atoms with E-state index in [1.165, 1.54) is 11.1 Å². The van der Waals surface area contributed by atoms with Crippen LogP contribution < -0.4 is 5.32 Å². The zero-order chi connectivity index (χ0) is 21.5. The lowest BCUT2D eigenvalue weighted by Crippen LogP contribution is -2.26. The molecule has 4 heteroatoms. The van der Waals surface area contributed by atoms with E-state index in [-0.39, 0.29) is 0 Å². The number of likely N-dealkylation sites (N-methyl/N-ethyl adjacent to an activating group) is 1. The summed E-state index contributed by atoms with van der Waals surface area (Å²) in [6.07, 6.45) is 0.692. The Morgan fingerprint density at radius 3 is 2.19 bits per heavy atom. The fraction of sp³-hybridized carbons (Fsp3) is 0.259. The lowest BCUT2D eigenvalue weighted by atomic mass is 10.0. The number of hydrogen-bond acceptors (Lipinski definition) is 3. The van der Waals surface area contributed by atoms with Crippen molar-refractivity contribution in [2.45, 2.75) is 20.3 Å². The Labute approximate surface area is 185 Å². The number of nitrogens with zero attached hydrogens (tertiary/aromatic N) is 3. The number of fused-ring (bicyclic) bond motifs is 1. The molecule has 0 bridgehead atoms. The van der Waals surface area contributed by atoms with Gasteiger partial charge in [-0.1, -0.05) is 80.6 Å². The van der Waals surface area contributed by atoms with E-state index in [9.17, 15) is 0 Å². The Hall–Kier alpha value is -3.24. The second kappa shape index (κ2) is 10.2. The fourth-order valence-corrected chi connectivity index (χ4v) is 3.83. The van der Waals surface area contributed by atoms with Crippen molar-refractivity contribution in [1.82, 2.24) is 4.90 Å². The predicted molar refractivity (Wildman–Crippen MR) is 133 cm³/mol. The van der Waals surface area contributed by atoms with Crippen LogP contribution in [0.5, 0.6) is 0 Å². The summed E-state index contributed by atoms with van der Waals surface area (Å²) in [7, 11) is 0. The molecule has 1 aliphatic heterocycles. The maximum atomic E-state index is 5.00. The third kappa shape index (κ3) is 5.28. The molecule has 31 heavy (non-hydrogen) atoms. The molecule has 0 unspecified atom stereocenters. The summed E-state index contributed by atoms with van der Waals surface area (Å²) in [6, 6.07) is 27.3. The SMILES string of the molecule is CCN(CC)CCN=C1CC(c2ccc(-c3ccccc3)cc2)=Nc2ccccc2N1. The van der Waals surface area contributed by atoms with Crippen molar-refractivity contribution < 1.29 is 0 Å². The molecule has 1 N–H and O–H groups in total. The minimum Gasteiger partial charge on any atom is -0.342 e. The molecule has 4 nitrogen and oxygen atoms in total. The molecule has 0 atom stereocenters. The summed E-state index contributed by atoms with van der Waals surface area (Å²) < 4.78 is 0. The highest BCUT2D eigenvalue weighted by Crippen LogP contribution is 2.29. The smallest absolute Gasteiger partial charge is 0.107 e. The summed E-state index contributed by atoms with van der Waals surface area (Å²) in [5.74, 6) is 0.975. The van der Waals surface area contributed by atoms with Crippen LogP contribution in [-0.2, 0) is 0 Å². The third-order valence-electron chi connectivity index (χ3n) is 5.71. The second-order valence-electron chi connectivity index (χ2n) is 7.68. The highest BCUT2D eigenvalue weighted by atomic mass is 15.1. The summed E-state index contributed by atoms with van der Waals surface area (Å²) in [4.78, 5) is 12.3. The zero-order valence-corrected chi connectivity index (χ0v) is 18.4. The van der Waals surface area contributed by atoms with Gasteiger partial charge in [-0.2, -0.15) is 0 Å².